The molecular weight excluding hydrogens is 402 g/mol. The van der Waals surface area contributed by atoms with Gasteiger partial charge in [0.15, 0.2) is 5.82 Å². The molecule has 1 unspecified atom stereocenters. The van der Waals surface area contributed by atoms with E-state index in [2.05, 4.69) is 45.5 Å². The van der Waals surface area contributed by atoms with Crippen molar-refractivity contribution in [1.29, 1.82) is 0 Å². The number of piperidine rings is 1. The lowest BCUT2D eigenvalue weighted by Gasteiger charge is -2.32. The van der Waals surface area contributed by atoms with Crippen LogP contribution in [0.4, 0.5) is 5.82 Å². The average Bonchev–Trinajstić information content (AvgIpc) is 3.62. The van der Waals surface area contributed by atoms with Crippen LogP contribution in [0.2, 0.25) is 0 Å². The van der Waals surface area contributed by atoms with Crippen molar-refractivity contribution in [2.45, 2.75) is 38.6 Å². The summed E-state index contributed by atoms with van der Waals surface area (Å²) < 4.78 is 0. The van der Waals surface area contributed by atoms with E-state index in [1.807, 2.05) is 18.2 Å². The van der Waals surface area contributed by atoms with Gasteiger partial charge in [0.05, 0.1) is 12.1 Å². The van der Waals surface area contributed by atoms with Crippen LogP contribution >= 0.6 is 0 Å². The van der Waals surface area contributed by atoms with Crippen LogP contribution in [0.25, 0.3) is 21.9 Å². The number of primary amides is 1. The third kappa shape index (κ3) is 4.02. The molecule has 2 aromatic carbocycles. The van der Waals surface area contributed by atoms with Crippen LogP contribution in [0.3, 0.4) is 0 Å². The summed E-state index contributed by atoms with van der Waals surface area (Å²) in [6.07, 6.45) is 5.61. The molecule has 1 aliphatic heterocycles. The van der Waals surface area contributed by atoms with Crippen LogP contribution in [-0.4, -0.2) is 41.1 Å². The van der Waals surface area contributed by atoms with Gasteiger partial charge in [-0.3, -0.25) is 9.59 Å². The minimum atomic E-state index is -0.258. The smallest absolute Gasteiger partial charge is 0.251 e. The number of hydrogen-bond donors (Lipinski definition) is 2. The lowest BCUT2D eigenvalue weighted by atomic mass is 9.95. The molecule has 164 valence electrons. The fraction of sp³-hybridized carbons (Fsp3) is 0.360. The molecule has 1 aliphatic carbocycles. The van der Waals surface area contributed by atoms with Crippen LogP contribution < -0.4 is 16.0 Å². The van der Waals surface area contributed by atoms with Gasteiger partial charge in [-0.2, -0.15) is 5.10 Å². The maximum absolute atomic E-state index is 12.5. The van der Waals surface area contributed by atoms with E-state index in [1.54, 1.807) is 6.20 Å². The molecule has 2 fully saturated rings. The molecule has 1 atom stereocenters. The van der Waals surface area contributed by atoms with E-state index in [4.69, 9.17) is 5.73 Å². The summed E-state index contributed by atoms with van der Waals surface area (Å²) in [6, 6.07) is 12.4. The Morgan fingerprint density at radius 3 is 2.75 bits per heavy atom. The second-order valence-corrected chi connectivity index (χ2v) is 8.94. The van der Waals surface area contributed by atoms with Gasteiger partial charge in [-0.15, -0.1) is 5.10 Å². The number of rotatable bonds is 5. The van der Waals surface area contributed by atoms with Crippen molar-refractivity contribution < 1.29 is 9.59 Å². The molecule has 3 aromatic rings. The number of carbonyl (C=O) groups excluding carboxylic acids is 2. The standard InChI is InChI=1S/C25H27N5O2/c1-15-4-5-17(25(32)28-20-7-8-20)12-22(15)16-6-9-21-19(11-16)13-27-29-24(21)30-10-2-3-18(14-30)23(26)31/h4-6,9,11-13,18,20H,2-3,7-8,10,14H2,1H3,(H2,26,31)(H,28,32). The predicted octanol–water partition coefficient (Wildman–Crippen LogP) is 3.20. The highest BCUT2D eigenvalue weighted by atomic mass is 16.2. The maximum atomic E-state index is 12.5. The van der Waals surface area contributed by atoms with Crippen molar-refractivity contribution in [3.63, 3.8) is 0 Å². The number of fused-ring (bicyclic) bond motifs is 1. The lowest BCUT2D eigenvalue weighted by molar-refractivity contribution is -0.122. The van der Waals surface area contributed by atoms with E-state index in [0.717, 1.165) is 65.5 Å². The third-order valence-electron chi connectivity index (χ3n) is 6.49. The Morgan fingerprint density at radius 1 is 1.12 bits per heavy atom. The molecule has 1 saturated carbocycles. The number of anilines is 1. The molecule has 7 heteroatoms. The molecule has 0 spiro atoms. The van der Waals surface area contributed by atoms with Gasteiger partial charge >= 0.3 is 0 Å². The molecule has 5 rings (SSSR count). The summed E-state index contributed by atoms with van der Waals surface area (Å²) in [5.41, 5.74) is 9.40. The van der Waals surface area contributed by atoms with E-state index >= 15 is 0 Å². The third-order valence-corrected chi connectivity index (χ3v) is 6.49. The molecule has 2 amide bonds. The fourth-order valence-corrected chi connectivity index (χ4v) is 4.45. The van der Waals surface area contributed by atoms with Crippen LogP contribution in [-0.2, 0) is 4.79 Å². The number of nitrogens with one attached hydrogen (secondary N) is 1. The van der Waals surface area contributed by atoms with Crippen LogP contribution in [0.1, 0.15) is 41.6 Å². The number of aromatic nitrogens is 2. The Kier molecular flexibility index (Phi) is 5.25. The van der Waals surface area contributed by atoms with E-state index in [1.165, 1.54) is 0 Å². The van der Waals surface area contributed by atoms with Crippen molar-refractivity contribution >= 4 is 28.4 Å². The second kappa shape index (κ2) is 8.22. The van der Waals surface area contributed by atoms with Gasteiger partial charge in [-0.25, -0.2) is 0 Å². The minimum absolute atomic E-state index is 0.0169. The summed E-state index contributed by atoms with van der Waals surface area (Å²) >= 11 is 0. The van der Waals surface area contributed by atoms with Gasteiger partial charge in [0.25, 0.3) is 5.91 Å². The average molecular weight is 430 g/mol. The predicted molar refractivity (Wildman–Crippen MR) is 124 cm³/mol. The Hall–Kier alpha value is -3.48. The van der Waals surface area contributed by atoms with E-state index in [-0.39, 0.29) is 17.7 Å². The highest BCUT2D eigenvalue weighted by Crippen LogP contribution is 2.32. The summed E-state index contributed by atoms with van der Waals surface area (Å²) in [6.45, 7) is 3.45. The Morgan fingerprint density at radius 2 is 1.97 bits per heavy atom. The van der Waals surface area contributed by atoms with Crippen molar-refractivity contribution in [3.05, 3.63) is 53.7 Å². The van der Waals surface area contributed by atoms with Gasteiger partial charge in [-0.05, 0) is 73.6 Å². The summed E-state index contributed by atoms with van der Waals surface area (Å²) in [5.74, 6) is 0.351. The Bertz CT molecular complexity index is 1200. The molecule has 0 radical (unpaired) electrons. The van der Waals surface area contributed by atoms with Crippen LogP contribution in [0, 0.1) is 12.8 Å². The van der Waals surface area contributed by atoms with E-state index in [0.29, 0.717) is 18.2 Å². The molecule has 2 aliphatic rings. The van der Waals surface area contributed by atoms with E-state index < -0.39 is 0 Å². The first-order valence-corrected chi connectivity index (χ1v) is 11.2. The second-order valence-electron chi connectivity index (χ2n) is 8.94. The highest BCUT2D eigenvalue weighted by Gasteiger charge is 2.26. The number of nitrogens with zero attached hydrogens (tertiary/aromatic N) is 3. The largest absolute Gasteiger partial charge is 0.369 e. The normalized spacial score (nSPS) is 18.5. The molecular formula is C25H27N5O2. The Balaban J connectivity index is 1.48. The molecule has 0 bridgehead atoms. The van der Waals surface area contributed by atoms with Crippen LogP contribution in [0.5, 0.6) is 0 Å². The minimum Gasteiger partial charge on any atom is -0.369 e. The molecule has 7 nitrogen and oxygen atoms in total. The van der Waals surface area contributed by atoms with Gasteiger partial charge in [0, 0.05) is 35.5 Å². The van der Waals surface area contributed by atoms with Crippen molar-refractivity contribution in [1.82, 2.24) is 15.5 Å². The molecule has 2 heterocycles. The first-order chi connectivity index (χ1) is 15.5. The highest BCUT2D eigenvalue weighted by molar-refractivity contribution is 5.98. The number of aryl methyl sites for hydroxylation is 1. The molecule has 32 heavy (non-hydrogen) atoms. The van der Waals surface area contributed by atoms with Gasteiger partial charge in [0.2, 0.25) is 5.91 Å². The monoisotopic (exact) mass is 429 g/mol. The topological polar surface area (TPSA) is 101 Å². The zero-order valence-electron chi connectivity index (χ0n) is 18.2. The van der Waals surface area contributed by atoms with Crippen molar-refractivity contribution in [3.8, 4) is 11.1 Å². The number of benzene rings is 2. The number of hydrogen-bond acceptors (Lipinski definition) is 5. The summed E-state index contributed by atoms with van der Waals surface area (Å²) in [7, 11) is 0. The fourth-order valence-electron chi connectivity index (χ4n) is 4.45. The zero-order chi connectivity index (χ0) is 22.2. The van der Waals surface area contributed by atoms with E-state index in [9.17, 15) is 9.59 Å². The first kappa shape index (κ1) is 20.4. The van der Waals surface area contributed by atoms with Gasteiger partial charge < -0.3 is 16.0 Å². The Labute approximate surface area is 187 Å². The molecule has 1 aromatic heterocycles. The van der Waals surface area contributed by atoms with Crippen molar-refractivity contribution in [2.75, 3.05) is 18.0 Å². The summed E-state index contributed by atoms with van der Waals surface area (Å²) in [5, 5.41) is 13.6. The zero-order valence-corrected chi connectivity index (χ0v) is 18.2. The SMILES string of the molecule is Cc1ccc(C(=O)NC2CC2)cc1-c1ccc2c(N3CCCC(C(N)=O)C3)nncc2c1. The van der Waals surface area contributed by atoms with Gasteiger partial charge in [-0.1, -0.05) is 12.1 Å². The molecule has 3 N–H and O–H groups in total. The van der Waals surface area contributed by atoms with Crippen molar-refractivity contribution in [2.24, 2.45) is 11.7 Å². The lowest BCUT2D eigenvalue weighted by Crippen LogP contribution is -2.41. The maximum Gasteiger partial charge on any atom is 0.251 e. The van der Waals surface area contributed by atoms with Crippen LogP contribution in [0.15, 0.2) is 42.6 Å². The number of amides is 2. The van der Waals surface area contributed by atoms with Gasteiger partial charge in [0.1, 0.15) is 0 Å². The first-order valence-electron chi connectivity index (χ1n) is 11.2. The molecule has 1 saturated heterocycles. The quantitative estimate of drug-likeness (QED) is 0.649. The number of carbonyl (C=O) groups is 2. The number of nitrogens with two attached hydrogens (primary N) is 1. The summed E-state index contributed by atoms with van der Waals surface area (Å²) in [4.78, 5) is 26.3.